The van der Waals surface area contributed by atoms with Gasteiger partial charge in [0.05, 0.1) is 6.61 Å². The van der Waals surface area contributed by atoms with E-state index in [0.717, 1.165) is 12.2 Å². The van der Waals surface area contributed by atoms with Gasteiger partial charge in [0.2, 0.25) is 5.91 Å². The van der Waals surface area contributed by atoms with E-state index in [-0.39, 0.29) is 18.6 Å². The Labute approximate surface area is 105 Å². The Morgan fingerprint density at radius 3 is 3.06 bits per heavy atom. The molecular weight excluding hydrogens is 240 g/mol. The molecule has 1 unspecified atom stereocenters. The predicted octanol–water partition coefficient (Wildman–Crippen LogP) is 1.16. The average Bonchev–Trinajstić information content (AvgIpc) is 2.32. The van der Waals surface area contributed by atoms with Gasteiger partial charge in [0.15, 0.2) is 0 Å². The summed E-state index contributed by atoms with van der Waals surface area (Å²) in [6, 6.07) is 5.21. The first kappa shape index (κ1) is 12.2. The molecule has 4 nitrogen and oxygen atoms in total. The number of aliphatic hydroxyl groups is 1. The van der Waals surface area contributed by atoms with Gasteiger partial charge in [-0.1, -0.05) is 17.7 Å². The van der Waals surface area contributed by atoms with Crippen LogP contribution in [0.3, 0.4) is 0 Å². The molecule has 0 aliphatic carbocycles. The van der Waals surface area contributed by atoms with E-state index in [1.807, 2.05) is 24.0 Å². The minimum absolute atomic E-state index is 0.000107. The van der Waals surface area contributed by atoms with Crippen molar-refractivity contribution >= 4 is 23.2 Å². The molecule has 1 aliphatic rings. The number of nitrogens with zero attached hydrogens (tertiary/aromatic N) is 1. The van der Waals surface area contributed by atoms with Gasteiger partial charge in [-0.15, -0.1) is 0 Å². The van der Waals surface area contributed by atoms with Crippen LogP contribution in [0, 0.1) is 0 Å². The maximum atomic E-state index is 11.6. The molecule has 17 heavy (non-hydrogen) atoms. The number of rotatable bonds is 2. The van der Waals surface area contributed by atoms with Crippen molar-refractivity contribution in [1.82, 2.24) is 5.32 Å². The standard InChI is InChI=1S/C12H15ClN2O2/c1-8-12(17)14-5-6-15(8)11-4-2-3-10(13)9(11)7-16/h2-4,8,16H,5-7H2,1H3,(H,14,17). The average molecular weight is 255 g/mol. The third kappa shape index (κ3) is 2.23. The van der Waals surface area contributed by atoms with Crippen molar-refractivity contribution in [3.8, 4) is 0 Å². The number of piperazine rings is 1. The third-order valence-electron chi connectivity index (χ3n) is 3.06. The maximum absolute atomic E-state index is 11.6. The van der Waals surface area contributed by atoms with Gasteiger partial charge in [-0.3, -0.25) is 4.79 Å². The molecule has 5 heteroatoms. The molecule has 92 valence electrons. The van der Waals surface area contributed by atoms with Crippen LogP contribution in [-0.2, 0) is 11.4 Å². The number of benzene rings is 1. The van der Waals surface area contributed by atoms with Crippen LogP contribution in [0.2, 0.25) is 5.02 Å². The second kappa shape index (κ2) is 4.94. The van der Waals surface area contributed by atoms with E-state index < -0.39 is 0 Å². The van der Waals surface area contributed by atoms with E-state index in [4.69, 9.17) is 11.6 Å². The van der Waals surface area contributed by atoms with Gasteiger partial charge in [-0.25, -0.2) is 0 Å². The first-order chi connectivity index (χ1) is 8.15. The lowest BCUT2D eigenvalue weighted by molar-refractivity contribution is -0.122. The number of amides is 1. The second-order valence-corrected chi connectivity index (χ2v) is 4.46. The van der Waals surface area contributed by atoms with Crippen LogP contribution in [0.15, 0.2) is 18.2 Å². The Balaban J connectivity index is 2.39. The Morgan fingerprint density at radius 1 is 1.59 bits per heavy atom. The predicted molar refractivity (Wildman–Crippen MR) is 67.2 cm³/mol. The van der Waals surface area contributed by atoms with E-state index in [0.29, 0.717) is 17.1 Å². The second-order valence-electron chi connectivity index (χ2n) is 4.06. The monoisotopic (exact) mass is 254 g/mol. The highest BCUT2D eigenvalue weighted by Crippen LogP contribution is 2.29. The van der Waals surface area contributed by atoms with Gasteiger partial charge in [0.25, 0.3) is 0 Å². The fourth-order valence-electron chi connectivity index (χ4n) is 2.08. The summed E-state index contributed by atoms with van der Waals surface area (Å²) in [5.41, 5.74) is 1.51. The van der Waals surface area contributed by atoms with Gasteiger partial charge < -0.3 is 15.3 Å². The molecule has 1 saturated heterocycles. The van der Waals surface area contributed by atoms with Crippen molar-refractivity contribution < 1.29 is 9.90 Å². The van der Waals surface area contributed by atoms with Crippen LogP contribution >= 0.6 is 11.6 Å². The molecule has 1 aromatic rings. The van der Waals surface area contributed by atoms with Crippen LogP contribution in [0.1, 0.15) is 12.5 Å². The molecule has 0 radical (unpaired) electrons. The van der Waals surface area contributed by atoms with Crippen LogP contribution in [0.5, 0.6) is 0 Å². The van der Waals surface area contributed by atoms with Crippen molar-refractivity contribution in [2.75, 3.05) is 18.0 Å². The number of hydrogen-bond donors (Lipinski definition) is 2. The number of nitrogens with one attached hydrogen (secondary N) is 1. The van der Waals surface area contributed by atoms with Crippen LogP contribution in [0.4, 0.5) is 5.69 Å². The molecule has 0 aromatic heterocycles. The summed E-state index contributed by atoms with van der Waals surface area (Å²) in [5.74, 6) is 0.000107. The number of carbonyl (C=O) groups excluding carboxylic acids is 1. The zero-order valence-electron chi connectivity index (χ0n) is 9.61. The quantitative estimate of drug-likeness (QED) is 0.833. The van der Waals surface area contributed by atoms with Crippen molar-refractivity contribution in [1.29, 1.82) is 0 Å². The third-order valence-corrected chi connectivity index (χ3v) is 3.41. The lowest BCUT2D eigenvalue weighted by Crippen LogP contribution is -2.54. The molecular formula is C12H15ClN2O2. The molecule has 1 heterocycles. The summed E-state index contributed by atoms with van der Waals surface area (Å²) >= 11 is 6.05. The van der Waals surface area contributed by atoms with Gasteiger partial charge in [-0.05, 0) is 19.1 Å². The smallest absolute Gasteiger partial charge is 0.242 e. The molecule has 1 aliphatic heterocycles. The van der Waals surface area contributed by atoms with E-state index in [1.165, 1.54) is 0 Å². The van der Waals surface area contributed by atoms with Crippen molar-refractivity contribution in [3.63, 3.8) is 0 Å². The Kier molecular flexibility index (Phi) is 3.54. The largest absolute Gasteiger partial charge is 0.392 e. The topological polar surface area (TPSA) is 52.6 Å². The fraction of sp³-hybridized carbons (Fsp3) is 0.417. The summed E-state index contributed by atoms with van der Waals surface area (Å²) < 4.78 is 0. The molecule has 2 rings (SSSR count). The van der Waals surface area contributed by atoms with Gasteiger partial charge in [0, 0.05) is 29.4 Å². The SMILES string of the molecule is CC1C(=O)NCCN1c1cccc(Cl)c1CO. The molecule has 0 spiro atoms. The van der Waals surface area contributed by atoms with Gasteiger partial charge >= 0.3 is 0 Å². The Morgan fingerprint density at radius 2 is 2.35 bits per heavy atom. The zero-order valence-corrected chi connectivity index (χ0v) is 10.4. The summed E-state index contributed by atoms with van der Waals surface area (Å²) in [4.78, 5) is 13.6. The number of carbonyl (C=O) groups is 1. The van der Waals surface area contributed by atoms with E-state index >= 15 is 0 Å². The summed E-state index contributed by atoms with van der Waals surface area (Å²) in [6.45, 7) is 3.05. The van der Waals surface area contributed by atoms with Crippen molar-refractivity contribution in [2.45, 2.75) is 19.6 Å². The fourth-order valence-corrected chi connectivity index (χ4v) is 2.31. The maximum Gasteiger partial charge on any atom is 0.242 e. The first-order valence-corrected chi connectivity index (χ1v) is 5.95. The van der Waals surface area contributed by atoms with E-state index in [2.05, 4.69) is 5.32 Å². The minimum atomic E-state index is -0.243. The zero-order chi connectivity index (χ0) is 12.4. The molecule has 0 saturated carbocycles. The Bertz CT molecular complexity index is 437. The minimum Gasteiger partial charge on any atom is -0.392 e. The van der Waals surface area contributed by atoms with Crippen LogP contribution < -0.4 is 10.2 Å². The van der Waals surface area contributed by atoms with Crippen LogP contribution in [0.25, 0.3) is 0 Å². The highest BCUT2D eigenvalue weighted by Gasteiger charge is 2.27. The number of hydrogen-bond acceptors (Lipinski definition) is 3. The van der Waals surface area contributed by atoms with Crippen molar-refractivity contribution in [3.05, 3.63) is 28.8 Å². The molecule has 1 aromatic carbocycles. The highest BCUT2D eigenvalue weighted by atomic mass is 35.5. The Hall–Kier alpha value is -1.26. The molecule has 1 amide bonds. The highest BCUT2D eigenvalue weighted by molar-refractivity contribution is 6.31. The molecule has 2 N–H and O–H groups in total. The molecule has 1 fully saturated rings. The van der Waals surface area contributed by atoms with Gasteiger partial charge in [-0.2, -0.15) is 0 Å². The molecule has 1 atom stereocenters. The summed E-state index contributed by atoms with van der Waals surface area (Å²) in [7, 11) is 0. The normalized spacial score (nSPS) is 20.3. The van der Waals surface area contributed by atoms with Crippen LogP contribution in [-0.4, -0.2) is 30.1 Å². The van der Waals surface area contributed by atoms with E-state index in [1.54, 1.807) is 6.07 Å². The van der Waals surface area contributed by atoms with Gasteiger partial charge in [0.1, 0.15) is 6.04 Å². The lowest BCUT2D eigenvalue weighted by atomic mass is 10.1. The first-order valence-electron chi connectivity index (χ1n) is 5.57. The van der Waals surface area contributed by atoms with Crippen molar-refractivity contribution in [2.24, 2.45) is 0 Å². The summed E-state index contributed by atoms with van der Waals surface area (Å²) in [5, 5.41) is 12.7. The lowest BCUT2D eigenvalue weighted by Gasteiger charge is -2.36. The number of anilines is 1. The molecule has 0 bridgehead atoms. The summed E-state index contributed by atoms with van der Waals surface area (Å²) in [6.07, 6.45) is 0. The number of aliphatic hydroxyl groups excluding tert-OH is 1. The van der Waals surface area contributed by atoms with E-state index in [9.17, 15) is 9.90 Å². The number of halogens is 1.